The molecule has 92 valence electrons. The van der Waals surface area contributed by atoms with Crippen LogP contribution in [0.2, 0.25) is 0 Å². The van der Waals surface area contributed by atoms with Gasteiger partial charge in [0.05, 0.1) is 0 Å². The number of hydrogen-bond donors (Lipinski definition) is 0. The minimum absolute atomic E-state index is 1.04. The Balaban J connectivity index is 2.52. The second kappa shape index (κ2) is 5.22. The van der Waals surface area contributed by atoms with Gasteiger partial charge in [0, 0.05) is 0 Å². The monoisotopic (exact) mass is 236 g/mol. The summed E-state index contributed by atoms with van der Waals surface area (Å²) in [5, 5.41) is 0. The van der Waals surface area contributed by atoms with Crippen LogP contribution in [0.4, 0.5) is 0 Å². The molecular weight excluding hydrogens is 216 g/mol. The molecule has 0 aliphatic heterocycles. The summed E-state index contributed by atoms with van der Waals surface area (Å²) in [7, 11) is 0. The highest BCUT2D eigenvalue weighted by Crippen LogP contribution is 2.28. The minimum Gasteiger partial charge on any atom is -0.0905 e. The first-order valence-corrected chi connectivity index (χ1v) is 6.49. The Morgan fingerprint density at radius 1 is 0.944 bits per heavy atom. The van der Waals surface area contributed by atoms with Crippen LogP contribution in [0.3, 0.4) is 0 Å². The fourth-order valence-corrected chi connectivity index (χ4v) is 2.35. The van der Waals surface area contributed by atoms with Crippen molar-refractivity contribution in [2.75, 3.05) is 0 Å². The van der Waals surface area contributed by atoms with Crippen molar-refractivity contribution in [2.45, 2.75) is 27.2 Å². The van der Waals surface area contributed by atoms with Crippen molar-refractivity contribution in [3.8, 4) is 0 Å². The lowest BCUT2D eigenvalue weighted by molar-refractivity contribution is 1.13. The van der Waals surface area contributed by atoms with Crippen molar-refractivity contribution in [1.29, 1.82) is 0 Å². The molecule has 0 nitrogen and oxygen atoms in total. The fraction of sp³-hybridized carbons (Fsp3) is 0.222. The minimum atomic E-state index is 1.04. The molecule has 0 bridgehead atoms. The van der Waals surface area contributed by atoms with Crippen molar-refractivity contribution in [3.05, 3.63) is 76.9 Å². The summed E-state index contributed by atoms with van der Waals surface area (Å²) < 4.78 is 0. The van der Waals surface area contributed by atoms with E-state index in [1.807, 2.05) is 0 Å². The highest BCUT2D eigenvalue weighted by Gasteiger charge is 2.09. The zero-order valence-electron chi connectivity index (χ0n) is 11.5. The van der Waals surface area contributed by atoms with E-state index >= 15 is 0 Å². The highest BCUT2D eigenvalue weighted by atomic mass is 14.1. The van der Waals surface area contributed by atoms with Crippen LogP contribution in [0.1, 0.15) is 34.7 Å². The van der Waals surface area contributed by atoms with Crippen molar-refractivity contribution >= 4 is 5.57 Å². The SMILES string of the molecule is C=C(c1ccccc1CC)c1cccc(C)c1C. The lowest BCUT2D eigenvalue weighted by Gasteiger charge is -2.14. The summed E-state index contributed by atoms with van der Waals surface area (Å²) in [6.45, 7) is 10.8. The molecule has 0 atom stereocenters. The van der Waals surface area contributed by atoms with Gasteiger partial charge in [0.25, 0.3) is 0 Å². The lowest BCUT2D eigenvalue weighted by Crippen LogP contribution is -1.96. The second-order valence-corrected chi connectivity index (χ2v) is 4.74. The van der Waals surface area contributed by atoms with Gasteiger partial charge >= 0.3 is 0 Å². The highest BCUT2D eigenvalue weighted by molar-refractivity contribution is 5.81. The van der Waals surface area contributed by atoms with Crippen LogP contribution in [0.25, 0.3) is 5.57 Å². The first-order chi connectivity index (χ1) is 8.65. The van der Waals surface area contributed by atoms with Crippen molar-refractivity contribution in [1.82, 2.24) is 0 Å². The molecule has 0 aromatic heterocycles. The maximum Gasteiger partial charge on any atom is -0.0152 e. The Labute approximate surface area is 110 Å². The lowest BCUT2D eigenvalue weighted by atomic mass is 9.90. The van der Waals surface area contributed by atoms with Gasteiger partial charge in [0.1, 0.15) is 0 Å². The molecule has 0 radical (unpaired) electrons. The Morgan fingerprint density at radius 3 is 2.33 bits per heavy atom. The first-order valence-electron chi connectivity index (χ1n) is 6.49. The standard InChI is InChI=1S/C18H20/c1-5-16-10-6-7-11-18(16)15(4)17-12-8-9-13(2)14(17)3/h6-12H,4-5H2,1-3H3. The van der Waals surface area contributed by atoms with E-state index in [-0.39, 0.29) is 0 Å². The zero-order chi connectivity index (χ0) is 13.1. The third-order valence-electron chi connectivity index (χ3n) is 3.65. The molecule has 0 spiro atoms. The van der Waals surface area contributed by atoms with Gasteiger partial charge in [0.15, 0.2) is 0 Å². The van der Waals surface area contributed by atoms with Gasteiger partial charge < -0.3 is 0 Å². The number of benzene rings is 2. The maximum atomic E-state index is 4.31. The van der Waals surface area contributed by atoms with Crippen LogP contribution in [0, 0.1) is 13.8 Å². The van der Waals surface area contributed by atoms with Gasteiger partial charge in [-0.15, -0.1) is 0 Å². The quantitative estimate of drug-likeness (QED) is 0.709. The molecule has 0 aliphatic rings. The zero-order valence-corrected chi connectivity index (χ0v) is 11.5. The predicted octanol–water partition coefficient (Wildman–Crippen LogP) is 4.93. The largest absolute Gasteiger partial charge is 0.0905 e. The topological polar surface area (TPSA) is 0 Å². The van der Waals surface area contributed by atoms with Crippen molar-refractivity contribution in [2.24, 2.45) is 0 Å². The molecule has 18 heavy (non-hydrogen) atoms. The normalized spacial score (nSPS) is 10.4. The average molecular weight is 236 g/mol. The Hall–Kier alpha value is -1.82. The second-order valence-electron chi connectivity index (χ2n) is 4.74. The summed E-state index contributed by atoms with van der Waals surface area (Å²) in [5.74, 6) is 0. The molecule has 0 N–H and O–H groups in total. The van der Waals surface area contributed by atoms with Crippen molar-refractivity contribution in [3.63, 3.8) is 0 Å². The van der Waals surface area contributed by atoms with Crippen LogP contribution < -0.4 is 0 Å². The van der Waals surface area contributed by atoms with E-state index in [9.17, 15) is 0 Å². The molecule has 0 fully saturated rings. The number of aryl methyl sites for hydroxylation is 2. The summed E-state index contributed by atoms with van der Waals surface area (Å²) >= 11 is 0. The van der Waals surface area contributed by atoms with E-state index in [0.717, 1.165) is 12.0 Å². The third kappa shape index (κ3) is 2.24. The van der Waals surface area contributed by atoms with Crippen LogP contribution in [-0.4, -0.2) is 0 Å². The Bertz CT molecular complexity index is 576. The van der Waals surface area contributed by atoms with Crippen LogP contribution in [0.15, 0.2) is 49.0 Å². The molecule has 0 heteroatoms. The van der Waals surface area contributed by atoms with Crippen LogP contribution >= 0.6 is 0 Å². The summed E-state index contributed by atoms with van der Waals surface area (Å²) in [5.41, 5.74) is 7.68. The number of hydrogen-bond acceptors (Lipinski definition) is 0. The van der Waals surface area contributed by atoms with E-state index < -0.39 is 0 Å². The molecule has 2 rings (SSSR count). The molecule has 0 unspecified atom stereocenters. The Kier molecular flexibility index (Phi) is 3.66. The number of rotatable bonds is 3. The molecule has 2 aromatic rings. The predicted molar refractivity (Wildman–Crippen MR) is 79.9 cm³/mol. The summed E-state index contributed by atoms with van der Waals surface area (Å²) in [4.78, 5) is 0. The Morgan fingerprint density at radius 2 is 1.61 bits per heavy atom. The third-order valence-corrected chi connectivity index (χ3v) is 3.65. The van der Waals surface area contributed by atoms with E-state index in [1.165, 1.54) is 27.8 Å². The molecular formula is C18H20. The fourth-order valence-electron chi connectivity index (χ4n) is 2.35. The smallest absolute Gasteiger partial charge is 0.0152 e. The van der Waals surface area contributed by atoms with Gasteiger partial charge in [-0.05, 0) is 53.7 Å². The molecule has 2 aromatic carbocycles. The first kappa shape index (κ1) is 12.6. The maximum absolute atomic E-state index is 4.31. The summed E-state index contributed by atoms with van der Waals surface area (Å²) in [6.07, 6.45) is 1.04. The molecule has 0 heterocycles. The van der Waals surface area contributed by atoms with Crippen LogP contribution in [0.5, 0.6) is 0 Å². The van der Waals surface area contributed by atoms with Crippen LogP contribution in [-0.2, 0) is 6.42 Å². The van der Waals surface area contributed by atoms with E-state index in [4.69, 9.17) is 0 Å². The van der Waals surface area contributed by atoms with Crippen molar-refractivity contribution < 1.29 is 0 Å². The van der Waals surface area contributed by atoms with E-state index in [2.05, 4.69) is 69.8 Å². The molecule has 0 amide bonds. The van der Waals surface area contributed by atoms with Gasteiger partial charge in [0.2, 0.25) is 0 Å². The van der Waals surface area contributed by atoms with Gasteiger partial charge in [-0.3, -0.25) is 0 Å². The van der Waals surface area contributed by atoms with E-state index in [1.54, 1.807) is 0 Å². The summed E-state index contributed by atoms with van der Waals surface area (Å²) in [6, 6.07) is 15.0. The molecule has 0 saturated carbocycles. The van der Waals surface area contributed by atoms with Gasteiger partial charge in [-0.25, -0.2) is 0 Å². The molecule has 0 aliphatic carbocycles. The average Bonchev–Trinajstić information content (AvgIpc) is 2.41. The van der Waals surface area contributed by atoms with Gasteiger partial charge in [-0.2, -0.15) is 0 Å². The van der Waals surface area contributed by atoms with Gasteiger partial charge in [-0.1, -0.05) is 56.0 Å². The molecule has 0 saturated heterocycles. The van der Waals surface area contributed by atoms with E-state index in [0.29, 0.717) is 0 Å².